The molecule has 0 radical (unpaired) electrons. The summed E-state index contributed by atoms with van der Waals surface area (Å²) in [5.74, 6) is -0.147. The van der Waals surface area contributed by atoms with Crippen LogP contribution in [0.2, 0.25) is 0 Å². The van der Waals surface area contributed by atoms with E-state index in [4.69, 9.17) is 10.5 Å². The van der Waals surface area contributed by atoms with Crippen molar-refractivity contribution in [2.45, 2.75) is 12.1 Å². The number of para-hydroxylation sites is 2. The molecular formula is C22H21N3O3S. The van der Waals surface area contributed by atoms with Crippen molar-refractivity contribution in [2.75, 3.05) is 18.0 Å². The third kappa shape index (κ3) is 4.25. The first-order valence-corrected chi connectivity index (χ1v) is 10.2. The lowest BCUT2D eigenvalue weighted by Gasteiger charge is -2.34. The zero-order valence-corrected chi connectivity index (χ0v) is 16.5. The highest BCUT2D eigenvalue weighted by molar-refractivity contribution is 7.10. The first-order chi connectivity index (χ1) is 14.1. The Balaban J connectivity index is 1.54. The summed E-state index contributed by atoms with van der Waals surface area (Å²) in [5, 5.41) is 5.12. The molecule has 1 aromatic heterocycles. The smallest absolute Gasteiger partial charge is 0.260 e. The lowest BCUT2D eigenvalue weighted by atomic mass is 10.1. The molecule has 3 aromatic rings. The van der Waals surface area contributed by atoms with Crippen LogP contribution in [-0.2, 0) is 9.59 Å². The molecule has 2 amide bonds. The van der Waals surface area contributed by atoms with Gasteiger partial charge in [-0.15, -0.1) is 11.3 Å². The van der Waals surface area contributed by atoms with Crippen LogP contribution in [-0.4, -0.2) is 31.0 Å². The molecule has 2 heterocycles. The minimum atomic E-state index is -0.792. The van der Waals surface area contributed by atoms with E-state index in [-0.39, 0.29) is 25.0 Å². The number of primary amides is 1. The molecule has 0 saturated carbocycles. The molecule has 2 atom stereocenters. The number of nitrogens with one attached hydrogen (secondary N) is 1. The average molecular weight is 407 g/mol. The normalized spacial score (nSPS) is 16.4. The fourth-order valence-electron chi connectivity index (χ4n) is 3.40. The number of fused-ring (bicyclic) bond motifs is 1. The van der Waals surface area contributed by atoms with Gasteiger partial charge in [-0.3, -0.25) is 9.59 Å². The van der Waals surface area contributed by atoms with Crippen LogP contribution in [0.15, 0.2) is 72.1 Å². The zero-order valence-electron chi connectivity index (χ0n) is 15.7. The number of hydrogen-bond acceptors (Lipinski definition) is 5. The first-order valence-electron chi connectivity index (χ1n) is 9.29. The van der Waals surface area contributed by atoms with E-state index in [1.807, 2.05) is 70.9 Å². The molecule has 148 valence electrons. The fraction of sp³-hybridized carbons (Fsp3) is 0.182. The van der Waals surface area contributed by atoms with E-state index in [2.05, 4.69) is 5.32 Å². The Morgan fingerprint density at radius 2 is 1.86 bits per heavy atom. The fourth-order valence-corrected chi connectivity index (χ4v) is 4.21. The number of ether oxygens (including phenoxy) is 1. The molecule has 3 N–H and O–H groups in total. The molecule has 1 aliphatic heterocycles. The number of anilines is 1. The summed E-state index contributed by atoms with van der Waals surface area (Å²) < 4.78 is 5.67. The molecule has 0 fully saturated rings. The first kappa shape index (κ1) is 19.0. The van der Waals surface area contributed by atoms with Gasteiger partial charge in [-0.1, -0.05) is 48.5 Å². The number of rotatable bonds is 6. The van der Waals surface area contributed by atoms with Crippen LogP contribution in [0.3, 0.4) is 0 Å². The highest BCUT2D eigenvalue weighted by Crippen LogP contribution is 2.33. The van der Waals surface area contributed by atoms with Gasteiger partial charge in [0.1, 0.15) is 5.75 Å². The van der Waals surface area contributed by atoms with E-state index >= 15 is 0 Å². The maximum atomic E-state index is 13.0. The van der Waals surface area contributed by atoms with Crippen LogP contribution >= 0.6 is 11.3 Å². The topological polar surface area (TPSA) is 84.7 Å². The Kier molecular flexibility index (Phi) is 5.48. The van der Waals surface area contributed by atoms with Crippen molar-refractivity contribution in [3.63, 3.8) is 0 Å². The van der Waals surface area contributed by atoms with Gasteiger partial charge in [0.25, 0.3) is 5.91 Å². The minimum Gasteiger partial charge on any atom is -0.477 e. The van der Waals surface area contributed by atoms with Crippen molar-refractivity contribution < 1.29 is 14.3 Å². The van der Waals surface area contributed by atoms with E-state index in [0.717, 1.165) is 16.1 Å². The predicted octanol–water partition coefficient (Wildman–Crippen LogP) is 2.71. The predicted molar refractivity (Wildman–Crippen MR) is 113 cm³/mol. The largest absolute Gasteiger partial charge is 0.477 e. The Morgan fingerprint density at radius 1 is 1.10 bits per heavy atom. The molecular weight excluding hydrogens is 386 g/mol. The molecule has 0 aliphatic carbocycles. The number of nitrogens with two attached hydrogens (primary N) is 1. The second kappa shape index (κ2) is 8.36. The number of nitrogens with zero attached hydrogens (tertiary/aromatic N) is 1. The van der Waals surface area contributed by atoms with Crippen molar-refractivity contribution in [3.8, 4) is 5.75 Å². The van der Waals surface area contributed by atoms with Gasteiger partial charge >= 0.3 is 0 Å². The molecule has 0 saturated heterocycles. The van der Waals surface area contributed by atoms with Crippen molar-refractivity contribution in [3.05, 3.63) is 82.6 Å². The Hall–Kier alpha value is -3.32. The third-order valence-electron chi connectivity index (χ3n) is 4.78. The summed E-state index contributed by atoms with van der Waals surface area (Å²) >= 11 is 1.60. The molecule has 6 nitrogen and oxygen atoms in total. The van der Waals surface area contributed by atoms with Gasteiger partial charge in [0.05, 0.1) is 24.8 Å². The molecule has 29 heavy (non-hydrogen) atoms. The second-order valence-corrected chi connectivity index (χ2v) is 7.76. The van der Waals surface area contributed by atoms with Gasteiger partial charge < -0.3 is 20.7 Å². The Labute approximate surface area is 172 Å². The van der Waals surface area contributed by atoms with E-state index in [9.17, 15) is 9.59 Å². The average Bonchev–Trinajstić information content (AvgIpc) is 3.27. The molecule has 0 unspecified atom stereocenters. The van der Waals surface area contributed by atoms with E-state index < -0.39 is 12.0 Å². The summed E-state index contributed by atoms with van der Waals surface area (Å²) in [6.45, 7) is 0.327. The molecule has 4 rings (SSSR count). The Bertz CT molecular complexity index is 992. The van der Waals surface area contributed by atoms with Gasteiger partial charge in [0.15, 0.2) is 6.10 Å². The van der Waals surface area contributed by atoms with E-state index in [1.54, 1.807) is 17.4 Å². The van der Waals surface area contributed by atoms with Crippen LogP contribution in [0.25, 0.3) is 0 Å². The standard InChI is InChI=1S/C22H21N3O3S/c23-22(27)18-13-25(16-9-4-5-10-17(16)28-18)14-20(26)24-21(19-11-6-12-29-19)15-7-2-1-3-8-15/h1-12,18,21H,13-14H2,(H2,23,27)(H,24,26)/t18-,21-/m1/s1. The Morgan fingerprint density at radius 3 is 2.59 bits per heavy atom. The number of carbonyl (C=O) groups is 2. The van der Waals surface area contributed by atoms with Crippen molar-refractivity contribution in [1.82, 2.24) is 5.32 Å². The van der Waals surface area contributed by atoms with Crippen LogP contribution in [0.1, 0.15) is 16.5 Å². The summed E-state index contributed by atoms with van der Waals surface area (Å²) in [4.78, 5) is 27.5. The third-order valence-corrected chi connectivity index (χ3v) is 5.72. The number of benzene rings is 2. The number of amides is 2. The summed E-state index contributed by atoms with van der Waals surface area (Å²) in [7, 11) is 0. The van der Waals surface area contributed by atoms with Crippen molar-refractivity contribution in [1.29, 1.82) is 0 Å². The molecule has 0 spiro atoms. The van der Waals surface area contributed by atoms with Gasteiger partial charge in [0.2, 0.25) is 5.91 Å². The number of thiophene rings is 1. The monoisotopic (exact) mass is 407 g/mol. The van der Waals surface area contributed by atoms with E-state index in [1.165, 1.54) is 0 Å². The van der Waals surface area contributed by atoms with Crippen molar-refractivity contribution >= 4 is 28.8 Å². The highest BCUT2D eigenvalue weighted by Gasteiger charge is 2.30. The quantitative estimate of drug-likeness (QED) is 0.658. The van der Waals surface area contributed by atoms with Crippen LogP contribution in [0.5, 0.6) is 5.75 Å². The van der Waals surface area contributed by atoms with Crippen LogP contribution in [0, 0.1) is 0 Å². The number of hydrogen-bond donors (Lipinski definition) is 2. The van der Waals surface area contributed by atoms with Crippen molar-refractivity contribution in [2.24, 2.45) is 5.73 Å². The summed E-state index contributed by atoms with van der Waals surface area (Å²) in [6.07, 6.45) is -0.792. The van der Waals surface area contributed by atoms with E-state index in [0.29, 0.717) is 5.75 Å². The highest BCUT2D eigenvalue weighted by atomic mass is 32.1. The summed E-state index contributed by atoms with van der Waals surface area (Å²) in [5.41, 5.74) is 7.23. The molecule has 0 bridgehead atoms. The zero-order chi connectivity index (χ0) is 20.2. The lowest BCUT2D eigenvalue weighted by molar-refractivity contribution is -0.125. The maximum Gasteiger partial charge on any atom is 0.260 e. The maximum absolute atomic E-state index is 13.0. The number of carbonyl (C=O) groups excluding carboxylic acids is 2. The molecule has 1 aliphatic rings. The second-order valence-electron chi connectivity index (χ2n) is 6.78. The van der Waals surface area contributed by atoms with Gasteiger partial charge in [-0.2, -0.15) is 0 Å². The molecule has 2 aromatic carbocycles. The molecule has 7 heteroatoms. The summed E-state index contributed by atoms with van der Waals surface area (Å²) in [6, 6.07) is 20.9. The van der Waals surface area contributed by atoms with Gasteiger partial charge in [0, 0.05) is 4.88 Å². The van der Waals surface area contributed by atoms with Gasteiger partial charge in [-0.25, -0.2) is 0 Å². The van der Waals surface area contributed by atoms with Crippen LogP contribution in [0.4, 0.5) is 5.69 Å². The lowest BCUT2D eigenvalue weighted by Crippen LogP contribution is -2.50. The minimum absolute atomic E-state index is 0.0961. The van der Waals surface area contributed by atoms with Gasteiger partial charge in [-0.05, 0) is 29.1 Å². The van der Waals surface area contributed by atoms with Crippen LogP contribution < -0.4 is 20.7 Å². The SMILES string of the molecule is NC(=O)[C@H]1CN(CC(=O)N[C@H](c2ccccc2)c2cccs2)c2ccccc2O1.